The van der Waals surface area contributed by atoms with Gasteiger partial charge in [-0.05, 0) is 43.4 Å². The molecule has 0 amide bonds. The van der Waals surface area contributed by atoms with Crippen LogP contribution in [0.25, 0.3) is 0 Å². The number of piperidine rings is 1. The van der Waals surface area contributed by atoms with Gasteiger partial charge in [-0.2, -0.15) is 0 Å². The first-order valence-corrected chi connectivity index (χ1v) is 9.76. The van der Waals surface area contributed by atoms with Gasteiger partial charge >= 0.3 is 0 Å². The number of hydrogen-bond acceptors (Lipinski definition) is 3. The molecule has 0 radical (unpaired) electrons. The molecule has 0 spiro atoms. The highest BCUT2D eigenvalue weighted by molar-refractivity contribution is 5.80. The van der Waals surface area contributed by atoms with Crippen molar-refractivity contribution in [2.75, 3.05) is 26.7 Å². The van der Waals surface area contributed by atoms with Crippen LogP contribution in [0.1, 0.15) is 37.4 Å². The number of nitrogens with zero attached hydrogens (tertiary/aromatic N) is 4. The number of likely N-dealkylation sites (tertiary alicyclic amines) is 1. The number of guanidine groups is 1. The second-order valence-electron chi connectivity index (χ2n) is 7.26. The van der Waals surface area contributed by atoms with Crippen molar-refractivity contribution in [3.63, 3.8) is 0 Å². The highest BCUT2D eigenvalue weighted by Gasteiger charge is 2.28. The van der Waals surface area contributed by atoms with Crippen molar-refractivity contribution >= 4 is 5.96 Å². The molecule has 1 aliphatic heterocycles. The van der Waals surface area contributed by atoms with Crippen LogP contribution >= 0.6 is 0 Å². The third kappa shape index (κ3) is 4.62. The summed E-state index contributed by atoms with van der Waals surface area (Å²) in [4.78, 5) is 11.5. The van der Waals surface area contributed by atoms with Gasteiger partial charge in [0, 0.05) is 32.0 Å². The molecule has 2 heterocycles. The summed E-state index contributed by atoms with van der Waals surface area (Å²) in [6, 6.07) is 6.68. The van der Waals surface area contributed by atoms with Gasteiger partial charge in [-0.15, -0.1) is 0 Å². The Hall–Kier alpha value is -2.50. The van der Waals surface area contributed by atoms with Crippen molar-refractivity contribution in [2.24, 2.45) is 10.9 Å². The molecule has 27 heavy (non-hydrogen) atoms. The topological polar surface area (TPSA) is 54.7 Å². The minimum absolute atomic E-state index is 0.424. The Morgan fingerprint density at radius 1 is 1.41 bits per heavy atom. The standard InChI is InChI=1S/C21H31N5O/c1-5-23-21(24-13-18-6-7-20(27-4)17(3)12-18)25-10-8-16(2)19(14-25)26-11-9-22-15-26/h6-7,9,11-12,15-16,19H,5,8,10,13-14H2,1-4H3,(H,23,24). The van der Waals surface area contributed by atoms with Gasteiger partial charge in [-0.25, -0.2) is 9.98 Å². The molecule has 1 aliphatic rings. The third-order valence-corrected chi connectivity index (χ3v) is 5.33. The molecule has 1 aromatic carbocycles. The number of aliphatic imine (C=N–C) groups is 1. The zero-order chi connectivity index (χ0) is 19.2. The van der Waals surface area contributed by atoms with Gasteiger partial charge in [0.2, 0.25) is 0 Å². The van der Waals surface area contributed by atoms with Crippen LogP contribution in [0.2, 0.25) is 0 Å². The molecule has 3 rings (SSSR count). The number of benzene rings is 1. The molecule has 6 heteroatoms. The minimum atomic E-state index is 0.424. The number of imidazole rings is 1. The van der Waals surface area contributed by atoms with Crippen LogP contribution in [-0.4, -0.2) is 47.2 Å². The fraction of sp³-hybridized carbons (Fsp3) is 0.524. The lowest BCUT2D eigenvalue weighted by atomic mass is 9.93. The molecule has 1 aromatic heterocycles. The predicted octanol–water partition coefficient (Wildman–Crippen LogP) is 3.25. The summed E-state index contributed by atoms with van der Waals surface area (Å²) in [6.45, 7) is 10.0. The summed E-state index contributed by atoms with van der Waals surface area (Å²) in [6.07, 6.45) is 7.00. The largest absolute Gasteiger partial charge is 0.496 e. The first-order valence-electron chi connectivity index (χ1n) is 9.76. The lowest BCUT2D eigenvalue weighted by Gasteiger charge is -2.39. The molecule has 2 atom stereocenters. The number of hydrogen-bond donors (Lipinski definition) is 1. The Balaban J connectivity index is 1.74. The predicted molar refractivity (Wildman–Crippen MR) is 109 cm³/mol. The smallest absolute Gasteiger partial charge is 0.194 e. The Labute approximate surface area is 162 Å². The molecular formula is C21H31N5O. The Bertz CT molecular complexity index is 756. The third-order valence-electron chi connectivity index (χ3n) is 5.33. The first kappa shape index (κ1) is 19.3. The lowest BCUT2D eigenvalue weighted by Crippen LogP contribution is -2.49. The normalized spacial score (nSPS) is 20.6. The molecule has 0 saturated carbocycles. The van der Waals surface area contributed by atoms with E-state index in [2.05, 4.69) is 58.9 Å². The van der Waals surface area contributed by atoms with E-state index in [1.165, 1.54) is 5.56 Å². The molecule has 2 unspecified atom stereocenters. The number of methoxy groups -OCH3 is 1. The summed E-state index contributed by atoms with van der Waals surface area (Å²) in [5, 5.41) is 3.47. The second kappa shape index (κ2) is 8.93. The van der Waals surface area contributed by atoms with Crippen molar-refractivity contribution in [1.82, 2.24) is 19.8 Å². The average Bonchev–Trinajstić information content (AvgIpc) is 3.20. The maximum atomic E-state index is 5.35. The van der Waals surface area contributed by atoms with Gasteiger partial charge in [0.1, 0.15) is 5.75 Å². The summed E-state index contributed by atoms with van der Waals surface area (Å²) < 4.78 is 7.58. The van der Waals surface area contributed by atoms with Gasteiger partial charge in [-0.1, -0.05) is 19.1 Å². The first-order chi connectivity index (χ1) is 13.1. The van der Waals surface area contributed by atoms with Crippen LogP contribution in [0.4, 0.5) is 0 Å². The lowest BCUT2D eigenvalue weighted by molar-refractivity contribution is 0.189. The van der Waals surface area contributed by atoms with E-state index in [0.29, 0.717) is 18.5 Å². The Kier molecular flexibility index (Phi) is 6.37. The highest BCUT2D eigenvalue weighted by Crippen LogP contribution is 2.27. The van der Waals surface area contributed by atoms with Crippen LogP contribution in [0.5, 0.6) is 5.75 Å². The van der Waals surface area contributed by atoms with E-state index in [9.17, 15) is 0 Å². The Morgan fingerprint density at radius 3 is 2.93 bits per heavy atom. The van der Waals surface area contributed by atoms with Crippen LogP contribution in [0.3, 0.4) is 0 Å². The zero-order valence-electron chi connectivity index (χ0n) is 16.9. The minimum Gasteiger partial charge on any atom is -0.496 e. The molecule has 0 bridgehead atoms. The quantitative estimate of drug-likeness (QED) is 0.649. The summed E-state index contributed by atoms with van der Waals surface area (Å²) >= 11 is 0. The molecule has 1 saturated heterocycles. The molecule has 146 valence electrons. The monoisotopic (exact) mass is 369 g/mol. The van der Waals surface area contributed by atoms with Gasteiger partial charge in [-0.3, -0.25) is 0 Å². The van der Waals surface area contributed by atoms with Crippen LogP contribution < -0.4 is 10.1 Å². The summed E-state index contributed by atoms with van der Waals surface area (Å²) in [7, 11) is 1.71. The molecule has 6 nitrogen and oxygen atoms in total. The Morgan fingerprint density at radius 2 is 2.26 bits per heavy atom. The molecular weight excluding hydrogens is 338 g/mol. The van der Waals surface area contributed by atoms with Gasteiger partial charge in [0.05, 0.1) is 26.0 Å². The molecule has 1 fully saturated rings. The number of rotatable bonds is 5. The van der Waals surface area contributed by atoms with Crippen molar-refractivity contribution in [3.05, 3.63) is 48.0 Å². The molecule has 2 aromatic rings. The fourth-order valence-corrected chi connectivity index (χ4v) is 3.73. The SMILES string of the molecule is CCNC(=NCc1ccc(OC)c(C)c1)N1CCC(C)C(n2ccnc2)C1. The molecule has 0 aliphatic carbocycles. The van der Waals surface area contributed by atoms with E-state index in [1.54, 1.807) is 7.11 Å². The van der Waals surface area contributed by atoms with Crippen LogP contribution in [-0.2, 0) is 6.54 Å². The zero-order valence-corrected chi connectivity index (χ0v) is 16.9. The van der Waals surface area contributed by atoms with E-state index < -0.39 is 0 Å². The van der Waals surface area contributed by atoms with E-state index in [1.807, 2.05) is 18.6 Å². The van der Waals surface area contributed by atoms with Crippen molar-refractivity contribution in [2.45, 2.75) is 39.8 Å². The highest BCUT2D eigenvalue weighted by atomic mass is 16.5. The van der Waals surface area contributed by atoms with Gasteiger partial charge in [0.15, 0.2) is 5.96 Å². The van der Waals surface area contributed by atoms with Crippen molar-refractivity contribution < 1.29 is 4.74 Å². The number of aromatic nitrogens is 2. The molecule has 1 N–H and O–H groups in total. The van der Waals surface area contributed by atoms with E-state index in [4.69, 9.17) is 9.73 Å². The van der Waals surface area contributed by atoms with Crippen molar-refractivity contribution in [1.29, 1.82) is 0 Å². The van der Waals surface area contributed by atoms with E-state index in [-0.39, 0.29) is 0 Å². The average molecular weight is 370 g/mol. The number of ether oxygens (including phenoxy) is 1. The maximum Gasteiger partial charge on any atom is 0.194 e. The van der Waals surface area contributed by atoms with Crippen LogP contribution in [0, 0.1) is 12.8 Å². The summed E-state index contributed by atoms with van der Waals surface area (Å²) in [5.41, 5.74) is 2.34. The summed E-state index contributed by atoms with van der Waals surface area (Å²) in [5.74, 6) is 2.54. The number of aryl methyl sites for hydroxylation is 1. The van der Waals surface area contributed by atoms with E-state index >= 15 is 0 Å². The second-order valence-corrected chi connectivity index (χ2v) is 7.26. The van der Waals surface area contributed by atoms with Crippen molar-refractivity contribution in [3.8, 4) is 5.75 Å². The van der Waals surface area contributed by atoms with E-state index in [0.717, 1.165) is 43.3 Å². The van der Waals surface area contributed by atoms with Crippen LogP contribution in [0.15, 0.2) is 41.9 Å². The maximum absolute atomic E-state index is 5.35. The van der Waals surface area contributed by atoms with Gasteiger partial charge < -0.3 is 19.5 Å². The van der Waals surface area contributed by atoms with Gasteiger partial charge in [0.25, 0.3) is 0 Å². The fourth-order valence-electron chi connectivity index (χ4n) is 3.73. The number of nitrogens with one attached hydrogen (secondary N) is 1.